The van der Waals surface area contributed by atoms with Crippen LogP contribution in [-0.2, 0) is 0 Å². The van der Waals surface area contributed by atoms with Crippen LogP contribution in [0.25, 0.3) is 21.9 Å². The van der Waals surface area contributed by atoms with Crippen molar-refractivity contribution in [2.45, 2.75) is 0 Å². The standard InChI is InChI=1S/C8H6N4/c1-5-3-11-12-6(5)2-8-7(1)9-4-10-8/h1-4H,(H,9,10)(H,11,12). The fraction of sp³-hybridized carbons (Fsp3) is 0. The van der Waals surface area contributed by atoms with Crippen LogP contribution < -0.4 is 0 Å². The van der Waals surface area contributed by atoms with Crippen LogP contribution in [0.2, 0.25) is 0 Å². The first-order valence-electron chi connectivity index (χ1n) is 3.70. The van der Waals surface area contributed by atoms with Gasteiger partial charge in [-0.3, -0.25) is 5.10 Å². The van der Waals surface area contributed by atoms with Crippen LogP contribution in [0.4, 0.5) is 0 Å². The van der Waals surface area contributed by atoms with Gasteiger partial charge in [0, 0.05) is 5.39 Å². The lowest BCUT2D eigenvalue weighted by atomic mass is 10.2. The quantitative estimate of drug-likeness (QED) is 0.520. The first-order valence-corrected chi connectivity index (χ1v) is 3.70. The van der Waals surface area contributed by atoms with Crippen molar-refractivity contribution in [3.05, 3.63) is 24.7 Å². The maximum absolute atomic E-state index is 4.15. The number of H-pyrrole nitrogens is 2. The fourth-order valence-electron chi connectivity index (χ4n) is 1.37. The Morgan fingerprint density at radius 3 is 3.17 bits per heavy atom. The largest absolute Gasteiger partial charge is 0.345 e. The smallest absolute Gasteiger partial charge is 0.0931 e. The van der Waals surface area contributed by atoms with Gasteiger partial charge in [-0.15, -0.1) is 0 Å². The lowest BCUT2D eigenvalue weighted by Gasteiger charge is -1.87. The summed E-state index contributed by atoms with van der Waals surface area (Å²) in [6.45, 7) is 0. The molecular formula is C8H6N4. The molecule has 0 aliphatic rings. The predicted octanol–water partition coefficient (Wildman–Crippen LogP) is 1.44. The van der Waals surface area contributed by atoms with E-state index in [1.165, 1.54) is 0 Å². The highest BCUT2D eigenvalue weighted by atomic mass is 15.1. The van der Waals surface area contributed by atoms with Crippen molar-refractivity contribution < 1.29 is 0 Å². The van der Waals surface area contributed by atoms with Crippen molar-refractivity contribution in [3.8, 4) is 0 Å². The Kier molecular flexibility index (Phi) is 0.889. The molecule has 0 aliphatic heterocycles. The van der Waals surface area contributed by atoms with Crippen LogP contribution in [0.15, 0.2) is 24.7 Å². The monoisotopic (exact) mass is 158 g/mol. The molecule has 1 aromatic carbocycles. The number of imidazole rings is 1. The molecule has 0 saturated carbocycles. The van der Waals surface area contributed by atoms with E-state index in [1.807, 2.05) is 12.1 Å². The minimum absolute atomic E-state index is 0.965. The Balaban J connectivity index is 2.62. The van der Waals surface area contributed by atoms with Crippen LogP contribution in [0.1, 0.15) is 0 Å². The molecule has 3 rings (SSSR count). The zero-order valence-electron chi connectivity index (χ0n) is 6.20. The Bertz CT molecular complexity index is 443. The highest BCUT2D eigenvalue weighted by molar-refractivity contribution is 5.92. The lowest BCUT2D eigenvalue weighted by Crippen LogP contribution is -1.70. The first-order chi connectivity index (χ1) is 5.93. The Hall–Kier alpha value is -1.84. The second-order valence-corrected chi connectivity index (χ2v) is 2.73. The van der Waals surface area contributed by atoms with E-state index in [2.05, 4.69) is 20.2 Å². The van der Waals surface area contributed by atoms with Crippen molar-refractivity contribution in [2.24, 2.45) is 0 Å². The number of rotatable bonds is 0. The third-order valence-corrected chi connectivity index (χ3v) is 1.98. The minimum atomic E-state index is 0.965. The van der Waals surface area contributed by atoms with Crippen LogP contribution in [0, 0.1) is 0 Å². The molecule has 0 fully saturated rings. The topological polar surface area (TPSA) is 57.4 Å². The van der Waals surface area contributed by atoms with E-state index in [0.29, 0.717) is 0 Å². The zero-order chi connectivity index (χ0) is 7.97. The summed E-state index contributed by atoms with van der Waals surface area (Å²) in [4.78, 5) is 7.19. The third-order valence-electron chi connectivity index (χ3n) is 1.98. The van der Waals surface area contributed by atoms with Crippen LogP contribution >= 0.6 is 0 Å². The molecule has 0 atom stereocenters. The Morgan fingerprint density at radius 2 is 2.17 bits per heavy atom. The van der Waals surface area contributed by atoms with Gasteiger partial charge in [0.05, 0.1) is 29.1 Å². The summed E-state index contributed by atoms with van der Waals surface area (Å²) in [7, 11) is 0. The van der Waals surface area contributed by atoms with E-state index in [9.17, 15) is 0 Å². The second kappa shape index (κ2) is 1.85. The van der Waals surface area contributed by atoms with Gasteiger partial charge < -0.3 is 4.98 Å². The fourth-order valence-corrected chi connectivity index (χ4v) is 1.37. The average Bonchev–Trinajstić information content (AvgIpc) is 2.64. The number of benzene rings is 1. The normalized spacial score (nSPS) is 11.3. The minimum Gasteiger partial charge on any atom is -0.345 e. The SMILES string of the molecule is c1nc2cc3[nH]ncc3cc2[nH]1. The molecule has 58 valence electrons. The van der Waals surface area contributed by atoms with Gasteiger partial charge in [0.25, 0.3) is 0 Å². The summed E-state index contributed by atoms with van der Waals surface area (Å²) in [5.74, 6) is 0. The number of hydrogen-bond donors (Lipinski definition) is 2. The number of nitrogens with one attached hydrogen (secondary N) is 2. The molecule has 4 nitrogen and oxygen atoms in total. The molecular weight excluding hydrogens is 152 g/mol. The van der Waals surface area contributed by atoms with Crippen LogP contribution in [0.3, 0.4) is 0 Å². The van der Waals surface area contributed by atoms with Gasteiger partial charge in [0.15, 0.2) is 0 Å². The zero-order valence-corrected chi connectivity index (χ0v) is 6.20. The summed E-state index contributed by atoms with van der Waals surface area (Å²) in [6, 6.07) is 4.01. The van der Waals surface area contributed by atoms with E-state index in [0.717, 1.165) is 21.9 Å². The summed E-state index contributed by atoms with van der Waals surface area (Å²) in [5.41, 5.74) is 3.03. The molecule has 2 N–H and O–H groups in total. The predicted molar refractivity (Wildman–Crippen MR) is 45.7 cm³/mol. The highest BCUT2D eigenvalue weighted by Crippen LogP contribution is 2.17. The highest BCUT2D eigenvalue weighted by Gasteiger charge is 1.99. The summed E-state index contributed by atoms with van der Waals surface area (Å²) < 4.78 is 0. The van der Waals surface area contributed by atoms with Gasteiger partial charge >= 0.3 is 0 Å². The molecule has 0 radical (unpaired) electrons. The van der Waals surface area contributed by atoms with E-state index >= 15 is 0 Å². The van der Waals surface area contributed by atoms with Gasteiger partial charge in [0.2, 0.25) is 0 Å². The average molecular weight is 158 g/mol. The Labute approximate surface area is 67.6 Å². The van der Waals surface area contributed by atoms with Gasteiger partial charge in [-0.05, 0) is 12.1 Å². The number of aromatic nitrogens is 4. The molecule has 0 amide bonds. The summed E-state index contributed by atoms with van der Waals surface area (Å²) >= 11 is 0. The van der Waals surface area contributed by atoms with Gasteiger partial charge in [-0.1, -0.05) is 0 Å². The maximum Gasteiger partial charge on any atom is 0.0931 e. The van der Waals surface area contributed by atoms with E-state index in [-0.39, 0.29) is 0 Å². The van der Waals surface area contributed by atoms with Crippen molar-refractivity contribution >= 4 is 21.9 Å². The van der Waals surface area contributed by atoms with E-state index in [4.69, 9.17) is 0 Å². The second-order valence-electron chi connectivity index (χ2n) is 2.73. The van der Waals surface area contributed by atoms with E-state index < -0.39 is 0 Å². The van der Waals surface area contributed by atoms with Crippen molar-refractivity contribution in [3.63, 3.8) is 0 Å². The number of aromatic amines is 2. The number of hydrogen-bond acceptors (Lipinski definition) is 2. The van der Waals surface area contributed by atoms with Gasteiger partial charge in [-0.25, -0.2) is 4.98 Å². The van der Waals surface area contributed by atoms with Crippen molar-refractivity contribution in [2.75, 3.05) is 0 Å². The maximum atomic E-state index is 4.15. The first kappa shape index (κ1) is 5.77. The van der Waals surface area contributed by atoms with E-state index in [1.54, 1.807) is 12.5 Å². The lowest BCUT2D eigenvalue weighted by molar-refractivity contribution is 1.12. The van der Waals surface area contributed by atoms with Crippen LogP contribution in [-0.4, -0.2) is 20.2 Å². The molecule has 2 aromatic heterocycles. The van der Waals surface area contributed by atoms with Gasteiger partial charge in [-0.2, -0.15) is 5.10 Å². The molecule has 2 heterocycles. The van der Waals surface area contributed by atoms with Crippen molar-refractivity contribution in [1.82, 2.24) is 20.2 Å². The molecule has 3 aromatic rings. The molecule has 0 aliphatic carbocycles. The van der Waals surface area contributed by atoms with Crippen molar-refractivity contribution in [1.29, 1.82) is 0 Å². The molecule has 0 saturated heterocycles. The molecule has 0 spiro atoms. The number of fused-ring (bicyclic) bond motifs is 2. The summed E-state index contributed by atoms with van der Waals surface area (Å²) in [5, 5.41) is 7.94. The molecule has 12 heavy (non-hydrogen) atoms. The third kappa shape index (κ3) is 0.611. The summed E-state index contributed by atoms with van der Waals surface area (Å²) in [6.07, 6.45) is 3.49. The Morgan fingerprint density at radius 1 is 1.17 bits per heavy atom. The molecule has 4 heteroatoms. The molecule has 0 unspecified atom stereocenters. The molecule has 0 bridgehead atoms. The van der Waals surface area contributed by atoms with Crippen LogP contribution in [0.5, 0.6) is 0 Å². The van der Waals surface area contributed by atoms with Gasteiger partial charge in [0.1, 0.15) is 0 Å². The number of nitrogens with zero attached hydrogens (tertiary/aromatic N) is 2.